The minimum absolute atomic E-state index is 0.183. The highest BCUT2D eigenvalue weighted by molar-refractivity contribution is 5.86. The Balaban J connectivity index is 1.66. The summed E-state index contributed by atoms with van der Waals surface area (Å²) in [7, 11) is 0. The number of nitrogens with zero attached hydrogens (tertiary/aromatic N) is 1. The van der Waals surface area contributed by atoms with Crippen molar-refractivity contribution in [3.05, 3.63) is 54.5 Å². The van der Waals surface area contributed by atoms with Gasteiger partial charge in [-0.1, -0.05) is 49.2 Å². The average molecular weight is 494 g/mol. The molecule has 0 saturated heterocycles. The van der Waals surface area contributed by atoms with Crippen LogP contribution < -0.4 is 5.32 Å². The Morgan fingerprint density at radius 1 is 0.917 bits per heavy atom. The zero-order valence-electron chi connectivity index (χ0n) is 22.3. The van der Waals surface area contributed by atoms with Crippen LogP contribution in [0.2, 0.25) is 0 Å². The molecule has 1 aromatic heterocycles. The number of amides is 1. The van der Waals surface area contributed by atoms with Gasteiger partial charge in [-0.2, -0.15) is 0 Å². The summed E-state index contributed by atoms with van der Waals surface area (Å²) in [6, 6.07) is 14.2. The van der Waals surface area contributed by atoms with Gasteiger partial charge in [-0.3, -0.25) is 4.79 Å². The summed E-state index contributed by atoms with van der Waals surface area (Å²) < 4.78 is 10.9. The van der Waals surface area contributed by atoms with Crippen molar-refractivity contribution in [2.45, 2.75) is 90.9 Å². The van der Waals surface area contributed by atoms with Crippen molar-refractivity contribution in [2.24, 2.45) is 0 Å². The van der Waals surface area contributed by atoms with Gasteiger partial charge in [0.15, 0.2) is 0 Å². The molecule has 0 aliphatic carbocycles. The Kier molecular flexibility index (Phi) is 8.77. The van der Waals surface area contributed by atoms with Gasteiger partial charge >= 0.3 is 12.1 Å². The lowest BCUT2D eigenvalue weighted by Crippen LogP contribution is -2.35. The highest BCUT2D eigenvalue weighted by Crippen LogP contribution is 2.26. The van der Waals surface area contributed by atoms with Crippen LogP contribution in [0.5, 0.6) is 0 Å². The van der Waals surface area contributed by atoms with E-state index in [1.165, 1.54) is 5.39 Å². The van der Waals surface area contributed by atoms with Crippen molar-refractivity contribution >= 4 is 22.8 Å². The van der Waals surface area contributed by atoms with Crippen LogP contribution in [-0.4, -0.2) is 33.2 Å². The van der Waals surface area contributed by atoms with Crippen LogP contribution in [0.3, 0.4) is 0 Å². The molecule has 7 nitrogen and oxygen atoms in total. The summed E-state index contributed by atoms with van der Waals surface area (Å²) in [5.41, 5.74) is 0.848. The lowest BCUT2D eigenvalue weighted by atomic mass is 10.1. The van der Waals surface area contributed by atoms with E-state index in [1.54, 1.807) is 6.20 Å². The van der Waals surface area contributed by atoms with E-state index in [0.717, 1.165) is 35.9 Å². The number of carbonyl (C=O) groups excluding carboxylic acids is 2. The summed E-state index contributed by atoms with van der Waals surface area (Å²) in [4.78, 5) is 32.5. The molecule has 0 spiro atoms. The number of hydrogen-bond acceptors (Lipinski definition) is 5. The van der Waals surface area contributed by atoms with Crippen molar-refractivity contribution in [3.63, 3.8) is 0 Å². The molecule has 194 valence electrons. The smallest absolute Gasteiger partial charge is 0.408 e. The maximum Gasteiger partial charge on any atom is 0.408 e. The fraction of sp³-hybridized carbons (Fsp3) is 0.483. The van der Waals surface area contributed by atoms with E-state index < -0.39 is 17.3 Å². The summed E-state index contributed by atoms with van der Waals surface area (Å²) in [5, 5.41) is 5.30. The number of H-pyrrole nitrogens is 1. The molecule has 0 fully saturated rings. The maximum atomic E-state index is 12.5. The van der Waals surface area contributed by atoms with Crippen molar-refractivity contribution < 1.29 is 19.1 Å². The first-order valence-electron chi connectivity index (χ1n) is 12.6. The van der Waals surface area contributed by atoms with Gasteiger partial charge in [0, 0.05) is 12.0 Å². The van der Waals surface area contributed by atoms with Crippen molar-refractivity contribution in [3.8, 4) is 11.3 Å². The normalized spacial score (nSPS) is 12.8. The number of benzene rings is 2. The summed E-state index contributed by atoms with van der Waals surface area (Å²) in [6.45, 7) is 11.1. The van der Waals surface area contributed by atoms with Crippen LogP contribution >= 0.6 is 0 Å². The molecule has 1 atom stereocenters. The Bertz CT molecular complexity index is 1170. The number of hydrogen-bond donors (Lipinski definition) is 2. The molecule has 3 rings (SSSR count). The number of aromatic nitrogens is 2. The van der Waals surface area contributed by atoms with E-state index in [9.17, 15) is 9.59 Å². The molecular weight excluding hydrogens is 454 g/mol. The molecule has 2 N–H and O–H groups in total. The quantitative estimate of drug-likeness (QED) is 0.245. The number of unbranched alkanes of at least 4 members (excludes halogenated alkanes) is 2. The maximum absolute atomic E-state index is 12.5. The highest BCUT2D eigenvalue weighted by atomic mass is 16.6. The van der Waals surface area contributed by atoms with Gasteiger partial charge < -0.3 is 19.8 Å². The zero-order valence-corrected chi connectivity index (χ0v) is 22.3. The SMILES string of the molecule is CC(C)(C)OC(=O)CCCCC[C@H](NC(=O)OC(C)(C)C)c1ncc(-c2ccc3ccccc3c2)[nH]1. The number of ether oxygens (including phenoxy) is 2. The van der Waals surface area contributed by atoms with E-state index in [1.807, 2.05) is 53.7 Å². The first-order chi connectivity index (χ1) is 16.9. The van der Waals surface area contributed by atoms with Gasteiger partial charge in [-0.05, 0) is 71.2 Å². The number of rotatable bonds is 9. The van der Waals surface area contributed by atoms with Crippen LogP contribution in [-0.2, 0) is 14.3 Å². The molecule has 0 radical (unpaired) electrons. The molecule has 36 heavy (non-hydrogen) atoms. The Morgan fingerprint density at radius 2 is 1.61 bits per heavy atom. The molecule has 0 aliphatic heterocycles. The number of aromatic amines is 1. The predicted molar refractivity (Wildman–Crippen MR) is 143 cm³/mol. The molecule has 0 aliphatic rings. The number of imidazole rings is 1. The minimum Gasteiger partial charge on any atom is -0.460 e. The molecule has 1 amide bonds. The third-order valence-corrected chi connectivity index (χ3v) is 5.47. The number of nitrogens with one attached hydrogen (secondary N) is 2. The van der Waals surface area contributed by atoms with Gasteiger partial charge in [0.2, 0.25) is 0 Å². The second kappa shape index (κ2) is 11.6. The highest BCUT2D eigenvalue weighted by Gasteiger charge is 2.23. The lowest BCUT2D eigenvalue weighted by molar-refractivity contribution is -0.154. The fourth-order valence-electron chi connectivity index (χ4n) is 3.93. The van der Waals surface area contributed by atoms with E-state index in [2.05, 4.69) is 45.6 Å². The Morgan fingerprint density at radius 3 is 2.31 bits per heavy atom. The molecule has 0 saturated carbocycles. The standard InChI is InChI=1S/C29H39N3O4/c1-28(2,3)35-25(33)15-9-7-8-14-23(32-27(34)36-29(4,5)6)26-30-19-24(31-26)22-17-16-20-12-10-11-13-21(20)18-22/h10-13,16-19,23H,7-9,14-15H2,1-6H3,(H,30,31)(H,32,34)/t23-/m0/s1. The zero-order chi connectivity index (χ0) is 26.3. The van der Waals surface area contributed by atoms with E-state index in [0.29, 0.717) is 18.7 Å². The average Bonchev–Trinajstić information content (AvgIpc) is 3.25. The monoisotopic (exact) mass is 493 g/mol. The second-order valence-corrected chi connectivity index (χ2v) is 11.1. The minimum atomic E-state index is -0.596. The molecular formula is C29H39N3O4. The third-order valence-electron chi connectivity index (χ3n) is 5.47. The Hall–Kier alpha value is -3.35. The van der Waals surface area contributed by atoms with Crippen LogP contribution in [0.1, 0.15) is 85.5 Å². The Labute approximate surface area is 214 Å². The van der Waals surface area contributed by atoms with Gasteiger partial charge in [0.05, 0.1) is 17.9 Å². The number of alkyl carbamates (subject to hydrolysis) is 1. The fourth-order valence-corrected chi connectivity index (χ4v) is 3.93. The van der Waals surface area contributed by atoms with Crippen molar-refractivity contribution in [2.75, 3.05) is 0 Å². The van der Waals surface area contributed by atoms with Gasteiger partial charge in [0.1, 0.15) is 17.0 Å². The number of carbonyl (C=O) groups is 2. The van der Waals surface area contributed by atoms with Crippen molar-refractivity contribution in [1.29, 1.82) is 0 Å². The summed E-state index contributed by atoms with van der Waals surface area (Å²) in [6.07, 6.45) is 4.75. The van der Waals surface area contributed by atoms with Crippen LogP contribution in [0.4, 0.5) is 4.79 Å². The van der Waals surface area contributed by atoms with Crippen LogP contribution in [0.15, 0.2) is 48.7 Å². The lowest BCUT2D eigenvalue weighted by Gasteiger charge is -2.23. The van der Waals surface area contributed by atoms with Crippen LogP contribution in [0.25, 0.3) is 22.0 Å². The summed E-state index contributed by atoms with van der Waals surface area (Å²) in [5.74, 6) is 0.494. The van der Waals surface area contributed by atoms with Gasteiger partial charge in [-0.15, -0.1) is 0 Å². The van der Waals surface area contributed by atoms with E-state index >= 15 is 0 Å². The molecule has 3 aromatic rings. The molecule has 7 heteroatoms. The third kappa shape index (κ3) is 8.70. The topological polar surface area (TPSA) is 93.3 Å². The number of esters is 1. The first kappa shape index (κ1) is 27.2. The van der Waals surface area contributed by atoms with Gasteiger partial charge in [-0.25, -0.2) is 9.78 Å². The van der Waals surface area contributed by atoms with Gasteiger partial charge in [0.25, 0.3) is 0 Å². The van der Waals surface area contributed by atoms with E-state index in [-0.39, 0.29) is 12.0 Å². The second-order valence-electron chi connectivity index (χ2n) is 11.1. The molecule has 1 heterocycles. The van der Waals surface area contributed by atoms with Crippen molar-refractivity contribution in [1.82, 2.24) is 15.3 Å². The van der Waals surface area contributed by atoms with E-state index in [4.69, 9.17) is 9.47 Å². The molecule has 0 bridgehead atoms. The summed E-state index contributed by atoms with van der Waals surface area (Å²) >= 11 is 0. The number of fused-ring (bicyclic) bond motifs is 1. The molecule has 2 aromatic carbocycles. The first-order valence-corrected chi connectivity index (χ1v) is 12.6. The molecule has 0 unspecified atom stereocenters. The predicted octanol–water partition coefficient (Wildman–Crippen LogP) is 7.09. The van der Waals surface area contributed by atoms with Crippen LogP contribution in [0, 0.1) is 0 Å². The largest absolute Gasteiger partial charge is 0.460 e.